The van der Waals surface area contributed by atoms with E-state index in [4.69, 9.17) is 9.15 Å². The number of unbranched alkanes of at least 4 members (excludes halogenated alkanes) is 3. The topological polar surface area (TPSA) is 59.7 Å². The van der Waals surface area contributed by atoms with E-state index in [1.807, 2.05) is 6.92 Å². The fourth-order valence-electron chi connectivity index (χ4n) is 1.82. The largest absolute Gasteiger partial charge is 0.467 e. The van der Waals surface area contributed by atoms with Gasteiger partial charge in [0.15, 0.2) is 0 Å². The summed E-state index contributed by atoms with van der Waals surface area (Å²) >= 11 is 0. The number of aliphatic hydroxyl groups excluding tert-OH is 1. The number of aliphatic hydroxyl groups is 1. The van der Waals surface area contributed by atoms with Crippen molar-refractivity contribution in [1.29, 1.82) is 0 Å². The molecule has 1 N–H and O–H groups in total. The van der Waals surface area contributed by atoms with Crippen LogP contribution < -0.4 is 0 Å². The van der Waals surface area contributed by atoms with E-state index in [2.05, 4.69) is 0 Å². The summed E-state index contributed by atoms with van der Waals surface area (Å²) in [6.07, 6.45) is 6.05. The van der Waals surface area contributed by atoms with Gasteiger partial charge in [-0.25, -0.2) is 0 Å². The van der Waals surface area contributed by atoms with Crippen molar-refractivity contribution >= 4 is 5.97 Å². The normalized spacial score (nSPS) is 12.3. The van der Waals surface area contributed by atoms with E-state index in [0.29, 0.717) is 25.2 Å². The molecule has 0 aliphatic carbocycles. The third-order valence-corrected chi connectivity index (χ3v) is 2.79. The van der Waals surface area contributed by atoms with Gasteiger partial charge >= 0.3 is 5.97 Å². The average Bonchev–Trinajstić information content (AvgIpc) is 2.87. The van der Waals surface area contributed by atoms with Crippen molar-refractivity contribution < 1.29 is 19.1 Å². The van der Waals surface area contributed by atoms with Crippen LogP contribution in [0.4, 0.5) is 0 Å². The van der Waals surface area contributed by atoms with Crippen LogP contribution in [-0.2, 0) is 9.53 Å². The quantitative estimate of drug-likeness (QED) is 0.543. The summed E-state index contributed by atoms with van der Waals surface area (Å²) in [6.45, 7) is 2.27. The Labute approximate surface area is 108 Å². The van der Waals surface area contributed by atoms with Crippen LogP contribution in [-0.4, -0.2) is 17.7 Å². The molecule has 0 saturated carbocycles. The van der Waals surface area contributed by atoms with Gasteiger partial charge < -0.3 is 14.3 Å². The first kappa shape index (κ1) is 14.8. The van der Waals surface area contributed by atoms with Gasteiger partial charge in [0, 0.05) is 6.42 Å². The van der Waals surface area contributed by atoms with Gasteiger partial charge in [0.05, 0.1) is 12.9 Å². The highest BCUT2D eigenvalue weighted by Gasteiger charge is 2.09. The summed E-state index contributed by atoms with van der Waals surface area (Å²) in [5.74, 6) is 0.509. The predicted molar refractivity (Wildman–Crippen MR) is 68.0 cm³/mol. The van der Waals surface area contributed by atoms with E-state index in [0.717, 1.165) is 25.7 Å². The first-order valence-corrected chi connectivity index (χ1v) is 6.61. The van der Waals surface area contributed by atoms with Crippen molar-refractivity contribution in [3.05, 3.63) is 24.2 Å². The van der Waals surface area contributed by atoms with Crippen LogP contribution in [0.25, 0.3) is 0 Å². The molecule has 1 rings (SSSR count). The molecule has 0 aliphatic heterocycles. The molecular formula is C14H22O4. The SMILES string of the molecule is CCOC(=O)CCCCCCC(O)c1ccco1. The van der Waals surface area contributed by atoms with Crippen LogP contribution in [0.1, 0.15) is 57.3 Å². The zero-order valence-corrected chi connectivity index (χ0v) is 10.9. The molecule has 1 unspecified atom stereocenters. The Morgan fingerprint density at radius 2 is 2.17 bits per heavy atom. The summed E-state index contributed by atoms with van der Waals surface area (Å²) in [4.78, 5) is 11.1. The number of esters is 1. The monoisotopic (exact) mass is 254 g/mol. The van der Waals surface area contributed by atoms with Gasteiger partial charge in [-0.1, -0.05) is 19.3 Å². The van der Waals surface area contributed by atoms with E-state index in [-0.39, 0.29) is 5.97 Å². The van der Waals surface area contributed by atoms with Crippen LogP contribution in [0.3, 0.4) is 0 Å². The fourth-order valence-corrected chi connectivity index (χ4v) is 1.82. The smallest absolute Gasteiger partial charge is 0.305 e. The van der Waals surface area contributed by atoms with Gasteiger partial charge in [-0.05, 0) is 31.9 Å². The van der Waals surface area contributed by atoms with E-state index in [1.54, 1.807) is 18.4 Å². The van der Waals surface area contributed by atoms with Crippen molar-refractivity contribution in [2.45, 2.75) is 51.6 Å². The summed E-state index contributed by atoms with van der Waals surface area (Å²) in [5, 5.41) is 9.76. The number of carbonyl (C=O) groups is 1. The molecule has 0 amide bonds. The van der Waals surface area contributed by atoms with E-state index in [9.17, 15) is 9.90 Å². The van der Waals surface area contributed by atoms with Gasteiger partial charge in [-0.3, -0.25) is 4.79 Å². The number of ether oxygens (including phenoxy) is 1. The summed E-state index contributed by atoms with van der Waals surface area (Å²) in [7, 11) is 0. The molecule has 4 nitrogen and oxygen atoms in total. The first-order chi connectivity index (χ1) is 8.74. The number of hydrogen-bond acceptors (Lipinski definition) is 4. The maximum Gasteiger partial charge on any atom is 0.305 e. The minimum atomic E-state index is -0.509. The van der Waals surface area contributed by atoms with Gasteiger partial charge in [-0.15, -0.1) is 0 Å². The molecular weight excluding hydrogens is 232 g/mol. The van der Waals surface area contributed by atoms with Crippen molar-refractivity contribution in [2.24, 2.45) is 0 Å². The Kier molecular flexibility index (Phi) is 7.18. The Morgan fingerprint density at radius 1 is 1.39 bits per heavy atom. The molecule has 0 saturated heterocycles. The van der Waals surface area contributed by atoms with Crippen LogP contribution in [0.5, 0.6) is 0 Å². The van der Waals surface area contributed by atoms with E-state index in [1.165, 1.54) is 0 Å². The maximum atomic E-state index is 11.1. The molecule has 1 aromatic rings. The molecule has 0 bridgehead atoms. The third kappa shape index (κ3) is 5.87. The lowest BCUT2D eigenvalue weighted by atomic mass is 10.1. The van der Waals surface area contributed by atoms with E-state index < -0.39 is 6.10 Å². The van der Waals surface area contributed by atoms with Gasteiger partial charge in [0.1, 0.15) is 11.9 Å². The lowest BCUT2D eigenvalue weighted by molar-refractivity contribution is -0.143. The Balaban J connectivity index is 1.97. The molecule has 1 atom stereocenters. The van der Waals surface area contributed by atoms with Crippen molar-refractivity contribution in [3.63, 3.8) is 0 Å². The standard InChI is InChI=1S/C14H22O4/c1-2-17-14(16)10-6-4-3-5-8-12(15)13-9-7-11-18-13/h7,9,11-12,15H,2-6,8,10H2,1H3. The Bertz CT molecular complexity index is 319. The van der Waals surface area contributed by atoms with Crippen LogP contribution in [0, 0.1) is 0 Å². The van der Waals surface area contributed by atoms with E-state index >= 15 is 0 Å². The van der Waals surface area contributed by atoms with Gasteiger partial charge in [0.25, 0.3) is 0 Å². The molecule has 4 heteroatoms. The molecule has 102 valence electrons. The lowest BCUT2D eigenvalue weighted by Crippen LogP contribution is -2.03. The minimum absolute atomic E-state index is 0.117. The molecule has 0 fully saturated rings. The van der Waals surface area contributed by atoms with Gasteiger partial charge in [-0.2, -0.15) is 0 Å². The second kappa shape index (κ2) is 8.75. The Hall–Kier alpha value is -1.29. The fraction of sp³-hybridized carbons (Fsp3) is 0.643. The first-order valence-electron chi connectivity index (χ1n) is 6.61. The van der Waals surface area contributed by atoms with Crippen LogP contribution in [0.2, 0.25) is 0 Å². The molecule has 18 heavy (non-hydrogen) atoms. The zero-order valence-electron chi connectivity index (χ0n) is 10.9. The molecule has 0 aromatic carbocycles. The summed E-state index contributed by atoms with van der Waals surface area (Å²) in [5.41, 5.74) is 0. The number of rotatable bonds is 9. The van der Waals surface area contributed by atoms with Gasteiger partial charge in [0.2, 0.25) is 0 Å². The highest BCUT2D eigenvalue weighted by molar-refractivity contribution is 5.69. The zero-order chi connectivity index (χ0) is 13.2. The average molecular weight is 254 g/mol. The molecule has 0 radical (unpaired) electrons. The van der Waals surface area contributed by atoms with Crippen LogP contribution in [0.15, 0.2) is 22.8 Å². The molecule has 0 spiro atoms. The summed E-state index contributed by atoms with van der Waals surface area (Å²) < 4.78 is 9.96. The number of hydrogen-bond donors (Lipinski definition) is 1. The minimum Gasteiger partial charge on any atom is -0.467 e. The molecule has 1 heterocycles. The molecule has 1 aromatic heterocycles. The second-order valence-corrected chi connectivity index (χ2v) is 4.29. The third-order valence-electron chi connectivity index (χ3n) is 2.79. The maximum absolute atomic E-state index is 11.1. The van der Waals surface area contributed by atoms with Crippen LogP contribution >= 0.6 is 0 Å². The number of carbonyl (C=O) groups excluding carboxylic acids is 1. The van der Waals surface area contributed by atoms with Crippen molar-refractivity contribution in [2.75, 3.05) is 6.61 Å². The summed E-state index contributed by atoms with van der Waals surface area (Å²) in [6, 6.07) is 3.56. The predicted octanol–water partition coefficient (Wildman–Crippen LogP) is 3.22. The number of furan rings is 1. The highest BCUT2D eigenvalue weighted by Crippen LogP contribution is 2.20. The Morgan fingerprint density at radius 3 is 2.83 bits per heavy atom. The van der Waals surface area contributed by atoms with Crippen molar-refractivity contribution in [3.8, 4) is 0 Å². The van der Waals surface area contributed by atoms with Crippen molar-refractivity contribution in [1.82, 2.24) is 0 Å². The second-order valence-electron chi connectivity index (χ2n) is 4.29. The highest BCUT2D eigenvalue weighted by atomic mass is 16.5. The lowest BCUT2D eigenvalue weighted by Gasteiger charge is -2.07. The molecule has 0 aliphatic rings.